The van der Waals surface area contributed by atoms with Gasteiger partial charge in [0.1, 0.15) is 6.04 Å². The van der Waals surface area contributed by atoms with Gasteiger partial charge in [0.15, 0.2) is 0 Å². The molecule has 0 saturated carbocycles. The Labute approximate surface area is 127 Å². The molecular weight excluding hydrogens is 322 g/mol. The van der Waals surface area contributed by atoms with Crippen molar-refractivity contribution in [2.45, 2.75) is 26.8 Å². The molecule has 1 unspecified atom stereocenters. The Balaban J connectivity index is 2.71. The molecule has 0 bridgehead atoms. The Bertz CT molecular complexity index is 515. The Hall–Kier alpha value is -1.62. The minimum absolute atomic E-state index is 0.421. The third-order valence-electron chi connectivity index (χ3n) is 2.70. The number of hydrogen-bond acceptors (Lipinski definition) is 2. The molecule has 108 valence electrons. The van der Waals surface area contributed by atoms with Gasteiger partial charge in [-0.3, -0.25) is 4.79 Å². The van der Waals surface area contributed by atoms with Crippen molar-refractivity contribution in [3.8, 4) is 0 Å². The first-order valence-corrected chi connectivity index (χ1v) is 6.96. The fourth-order valence-corrected chi connectivity index (χ4v) is 1.85. The van der Waals surface area contributed by atoms with E-state index in [9.17, 15) is 9.59 Å². The number of carbonyl (C=O) groups excluding carboxylic acids is 1. The SMILES string of the molecule is CC(C)(C)C(NC(=O)/C=C/c1ccc(Br)cc1)C(=O)O. The van der Waals surface area contributed by atoms with Crippen LogP contribution in [0.25, 0.3) is 6.08 Å². The summed E-state index contributed by atoms with van der Waals surface area (Å²) in [5.41, 5.74) is 0.318. The highest BCUT2D eigenvalue weighted by molar-refractivity contribution is 9.10. The van der Waals surface area contributed by atoms with Crippen molar-refractivity contribution >= 4 is 33.9 Å². The number of aliphatic carboxylic acids is 1. The van der Waals surface area contributed by atoms with Crippen molar-refractivity contribution in [2.75, 3.05) is 0 Å². The second-order valence-corrected chi connectivity index (χ2v) is 6.45. The zero-order valence-corrected chi connectivity index (χ0v) is 13.3. The lowest BCUT2D eigenvalue weighted by Gasteiger charge is -2.27. The van der Waals surface area contributed by atoms with Crippen LogP contribution in [0.3, 0.4) is 0 Å². The van der Waals surface area contributed by atoms with Crippen LogP contribution in [-0.4, -0.2) is 23.0 Å². The summed E-state index contributed by atoms with van der Waals surface area (Å²) >= 11 is 3.33. The highest BCUT2D eigenvalue weighted by Crippen LogP contribution is 2.19. The molecule has 1 rings (SSSR count). The Morgan fingerprint density at radius 1 is 1.25 bits per heavy atom. The Morgan fingerprint density at radius 3 is 2.25 bits per heavy atom. The average Bonchev–Trinajstić information content (AvgIpc) is 2.33. The van der Waals surface area contributed by atoms with E-state index in [2.05, 4.69) is 21.2 Å². The Morgan fingerprint density at radius 2 is 1.80 bits per heavy atom. The smallest absolute Gasteiger partial charge is 0.326 e. The standard InChI is InChI=1S/C15H18BrNO3/c1-15(2,3)13(14(19)20)17-12(18)9-6-10-4-7-11(16)8-5-10/h4-9,13H,1-3H3,(H,17,18)(H,19,20)/b9-6+. The zero-order valence-electron chi connectivity index (χ0n) is 11.7. The fourth-order valence-electron chi connectivity index (χ4n) is 1.58. The summed E-state index contributed by atoms with van der Waals surface area (Å²) in [7, 11) is 0. The summed E-state index contributed by atoms with van der Waals surface area (Å²) in [5.74, 6) is -1.46. The molecule has 0 aliphatic rings. The van der Waals surface area contributed by atoms with E-state index < -0.39 is 23.3 Å². The van der Waals surface area contributed by atoms with Gasteiger partial charge in [-0.2, -0.15) is 0 Å². The molecular formula is C15H18BrNO3. The molecule has 20 heavy (non-hydrogen) atoms. The van der Waals surface area contributed by atoms with Gasteiger partial charge < -0.3 is 10.4 Å². The number of carboxylic acid groups (broad SMARTS) is 1. The maximum absolute atomic E-state index is 11.8. The van der Waals surface area contributed by atoms with E-state index in [0.717, 1.165) is 10.0 Å². The van der Waals surface area contributed by atoms with E-state index >= 15 is 0 Å². The second-order valence-electron chi connectivity index (χ2n) is 5.53. The predicted octanol–water partition coefficient (Wildman–Crippen LogP) is 3.08. The topological polar surface area (TPSA) is 66.4 Å². The normalized spacial score (nSPS) is 13.2. The van der Waals surface area contributed by atoms with Crippen LogP contribution < -0.4 is 5.32 Å². The van der Waals surface area contributed by atoms with Gasteiger partial charge in [-0.25, -0.2) is 4.79 Å². The predicted molar refractivity (Wildman–Crippen MR) is 82.2 cm³/mol. The number of amides is 1. The minimum Gasteiger partial charge on any atom is -0.480 e. The average molecular weight is 340 g/mol. The van der Waals surface area contributed by atoms with Crippen molar-refractivity contribution in [3.05, 3.63) is 40.4 Å². The van der Waals surface area contributed by atoms with Gasteiger partial charge in [0.2, 0.25) is 5.91 Å². The molecule has 1 atom stereocenters. The van der Waals surface area contributed by atoms with Crippen molar-refractivity contribution in [3.63, 3.8) is 0 Å². The number of hydrogen-bond donors (Lipinski definition) is 2. The van der Waals surface area contributed by atoms with Crippen molar-refractivity contribution in [2.24, 2.45) is 5.41 Å². The van der Waals surface area contributed by atoms with Crippen LogP contribution >= 0.6 is 15.9 Å². The van der Waals surface area contributed by atoms with Gasteiger partial charge in [-0.05, 0) is 29.2 Å². The largest absolute Gasteiger partial charge is 0.480 e. The molecule has 0 aromatic heterocycles. The van der Waals surface area contributed by atoms with Gasteiger partial charge in [0, 0.05) is 10.5 Å². The van der Waals surface area contributed by atoms with Gasteiger partial charge in [0.25, 0.3) is 0 Å². The third kappa shape index (κ3) is 5.17. The first-order valence-electron chi connectivity index (χ1n) is 6.17. The number of carboxylic acids is 1. The maximum atomic E-state index is 11.8. The third-order valence-corrected chi connectivity index (χ3v) is 3.23. The van der Waals surface area contributed by atoms with Crippen LogP contribution in [0.2, 0.25) is 0 Å². The van der Waals surface area contributed by atoms with E-state index in [1.807, 2.05) is 24.3 Å². The summed E-state index contributed by atoms with van der Waals surface area (Å²) < 4.78 is 0.956. The second kappa shape index (κ2) is 6.70. The van der Waals surface area contributed by atoms with Crippen LogP contribution in [-0.2, 0) is 9.59 Å². The molecule has 0 heterocycles. The molecule has 0 aliphatic heterocycles. The summed E-state index contributed by atoms with van der Waals surface area (Å²) in [6.07, 6.45) is 2.98. The van der Waals surface area contributed by atoms with Gasteiger partial charge in [0.05, 0.1) is 0 Å². The summed E-state index contributed by atoms with van der Waals surface area (Å²) in [6, 6.07) is 6.52. The summed E-state index contributed by atoms with van der Waals surface area (Å²) in [4.78, 5) is 22.9. The number of nitrogens with one attached hydrogen (secondary N) is 1. The Kier molecular flexibility index (Phi) is 5.51. The molecule has 0 saturated heterocycles. The quantitative estimate of drug-likeness (QED) is 0.828. The molecule has 5 heteroatoms. The molecule has 0 spiro atoms. The lowest BCUT2D eigenvalue weighted by molar-refractivity contribution is -0.144. The molecule has 0 aliphatic carbocycles. The van der Waals surface area contributed by atoms with Crippen LogP contribution in [0.4, 0.5) is 0 Å². The zero-order chi connectivity index (χ0) is 15.3. The highest BCUT2D eigenvalue weighted by Gasteiger charge is 2.31. The lowest BCUT2D eigenvalue weighted by Crippen LogP contribution is -2.48. The molecule has 0 fully saturated rings. The maximum Gasteiger partial charge on any atom is 0.326 e. The van der Waals surface area contributed by atoms with Gasteiger partial charge in [-0.15, -0.1) is 0 Å². The minimum atomic E-state index is -1.04. The number of rotatable bonds is 4. The fraction of sp³-hybridized carbons (Fsp3) is 0.333. The first kappa shape index (κ1) is 16.4. The van der Waals surface area contributed by atoms with Gasteiger partial charge in [-0.1, -0.05) is 48.8 Å². The molecule has 2 N–H and O–H groups in total. The first-order chi connectivity index (χ1) is 9.20. The summed E-state index contributed by atoms with van der Waals surface area (Å²) in [5, 5.41) is 11.6. The highest BCUT2D eigenvalue weighted by atomic mass is 79.9. The van der Waals surface area contributed by atoms with Crippen LogP contribution in [0.1, 0.15) is 26.3 Å². The molecule has 0 radical (unpaired) electrons. The van der Waals surface area contributed by atoms with Crippen molar-refractivity contribution in [1.29, 1.82) is 0 Å². The molecule has 1 aromatic rings. The molecule has 1 amide bonds. The van der Waals surface area contributed by atoms with Crippen molar-refractivity contribution < 1.29 is 14.7 Å². The van der Waals surface area contributed by atoms with E-state index in [1.54, 1.807) is 26.8 Å². The van der Waals surface area contributed by atoms with E-state index in [1.165, 1.54) is 6.08 Å². The molecule has 4 nitrogen and oxygen atoms in total. The van der Waals surface area contributed by atoms with Crippen LogP contribution in [0.5, 0.6) is 0 Å². The number of halogens is 1. The molecule has 1 aromatic carbocycles. The lowest BCUT2D eigenvalue weighted by atomic mass is 9.87. The summed E-state index contributed by atoms with van der Waals surface area (Å²) in [6.45, 7) is 5.31. The number of benzene rings is 1. The van der Waals surface area contributed by atoms with Crippen LogP contribution in [0, 0.1) is 5.41 Å². The van der Waals surface area contributed by atoms with Gasteiger partial charge >= 0.3 is 5.97 Å². The van der Waals surface area contributed by atoms with E-state index in [4.69, 9.17) is 5.11 Å². The number of carbonyl (C=O) groups is 2. The van der Waals surface area contributed by atoms with Crippen LogP contribution in [0.15, 0.2) is 34.8 Å². The van der Waals surface area contributed by atoms with E-state index in [-0.39, 0.29) is 0 Å². The van der Waals surface area contributed by atoms with Crippen molar-refractivity contribution in [1.82, 2.24) is 5.32 Å². The van der Waals surface area contributed by atoms with E-state index in [0.29, 0.717) is 0 Å². The monoisotopic (exact) mass is 339 g/mol.